The normalized spacial score (nSPS) is 20.4. The quantitative estimate of drug-likeness (QED) is 0.856. The molecule has 0 amide bonds. The summed E-state index contributed by atoms with van der Waals surface area (Å²) in [7, 11) is 0. The maximum atomic E-state index is 5.00. The van der Waals surface area contributed by atoms with Gasteiger partial charge in [0, 0.05) is 18.2 Å². The van der Waals surface area contributed by atoms with Crippen LogP contribution in [0.1, 0.15) is 80.6 Å². The Kier molecular flexibility index (Phi) is 4.66. The first-order valence-electron chi connectivity index (χ1n) is 8.47. The topological polar surface area (TPSA) is 37.8 Å². The summed E-state index contributed by atoms with van der Waals surface area (Å²) >= 11 is 0. The van der Waals surface area contributed by atoms with Crippen molar-refractivity contribution in [1.82, 2.24) is 15.3 Å². The molecule has 3 heteroatoms. The summed E-state index contributed by atoms with van der Waals surface area (Å²) in [4.78, 5) is 9.95. The van der Waals surface area contributed by atoms with E-state index in [0.717, 1.165) is 31.8 Å². The van der Waals surface area contributed by atoms with Crippen LogP contribution in [0.5, 0.6) is 0 Å². The van der Waals surface area contributed by atoms with E-state index >= 15 is 0 Å². The van der Waals surface area contributed by atoms with Crippen molar-refractivity contribution in [1.29, 1.82) is 0 Å². The van der Waals surface area contributed by atoms with Crippen LogP contribution in [0.3, 0.4) is 0 Å². The zero-order valence-electron chi connectivity index (χ0n) is 12.7. The van der Waals surface area contributed by atoms with Crippen LogP contribution in [-0.4, -0.2) is 16.5 Å². The molecule has 20 heavy (non-hydrogen) atoms. The van der Waals surface area contributed by atoms with Crippen LogP contribution in [0, 0.1) is 0 Å². The SMILES string of the molecule is CCCc1nc(C2CCCCCC2)nc2c1CCNC2. The minimum atomic E-state index is 0.611. The summed E-state index contributed by atoms with van der Waals surface area (Å²) in [5.74, 6) is 1.76. The van der Waals surface area contributed by atoms with E-state index in [2.05, 4.69) is 12.2 Å². The van der Waals surface area contributed by atoms with Crippen LogP contribution < -0.4 is 5.32 Å². The van der Waals surface area contributed by atoms with E-state index in [1.54, 1.807) is 0 Å². The van der Waals surface area contributed by atoms with Gasteiger partial charge >= 0.3 is 0 Å². The highest BCUT2D eigenvalue weighted by atomic mass is 15.0. The highest BCUT2D eigenvalue weighted by Crippen LogP contribution is 2.31. The highest BCUT2D eigenvalue weighted by Gasteiger charge is 2.22. The number of hydrogen-bond acceptors (Lipinski definition) is 3. The Morgan fingerprint density at radius 1 is 1.10 bits per heavy atom. The zero-order chi connectivity index (χ0) is 13.8. The monoisotopic (exact) mass is 273 g/mol. The van der Waals surface area contributed by atoms with E-state index in [1.165, 1.54) is 61.9 Å². The Morgan fingerprint density at radius 2 is 1.90 bits per heavy atom. The van der Waals surface area contributed by atoms with Crippen molar-refractivity contribution in [2.24, 2.45) is 0 Å². The number of nitrogens with zero attached hydrogens (tertiary/aromatic N) is 2. The van der Waals surface area contributed by atoms with E-state index in [-0.39, 0.29) is 0 Å². The lowest BCUT2D eigenvalue weighted by Gasteiger charge is -2.22. The molecule has 0 saturated heterocycles. The number of rotatable bonds is 3. The molecule has 3 nitrogen and oxygen atoms in total. The molecule has 0 bridgehead atoms. The third kappa shape index (κ3) is 3.03. The molecule has 0 atom stereocenters. The van der Waals surface area contributed by atoms with Crippen LogP contribution in [0.4, 0.5) is 0 Å². The van der Waals surface area contributed by atoms with Crippen LogP contribution >= 0.6 is 0 Å². The Hall–Kier alpha value is -0.960. The van der Waals surface area contributed by atoms with Gasteiger partial charge in [-0.1, -0.05) is 39.0 Å². The van der Waals surface area contributed by atoms with Gasteiger partial charge in [0.05, 0.1) is 5.69 Å². The summed E-state index contributed by atoms with van der Waals surface area (Å²) in [5.41, 5.74) is 4.08. The molecule has 0 unspecified atom stereocenters. The van der Waals surface area contributed by atoms with Gasteiger partial charge in [-0.15, -0.1) is 0 Å². The molecule has 110 valence electrons. The molecule has 0 aromatic carbocycles. The fourth-order valence-corrected chi connectivity index (χ4v) is 3.62. The summed E-state index contributed by atoms with van der Waals surface area (Å²) in [6.45, 7) is 4.27. The number of nitrogens with one attached hydrogen (secondary N) is 1. The fourth-order valence-electron chi connectivity index (χ4n) is 3.62. The van der Waals surface area contributed by atoms with Gasteiger partial charge in [0.1, 0.15) is 5.82 Å². The van der Waals surface area contributed by atoms with Crippen molar-refractivity contribution in [3.63, 3.8) is 0 Å². The molecule has 1 aliphatic heterocycles. The van der Waals surface area contributed by atoms with Crippen molar-refractivity contribution >= 4 is 0 Å². The second kappa shape index (κ2) is 6.66. The lowest BCUT2D eigenvalue weighted by Crippen LogP contribution is -2.27. The maximum absolute atomic E-state index is 5.00. The van der Waals surface area contributed by atoms with Crippen molar-refractivity contribution in [3.05, 3.63) is 22.8 Å². The van der Waals surface area contributed by atoms with Gasteiger partial charge in [-0.3, -0.25) is 0 Å². The number of hydrogen-bond donors (Lipinski definition) is 1. The van der Waals surface area contributed by atoms with E-state index in [9.17, 15) is 0 Å². The Labute approximate surface area is 122 Å². The van der Waals surface area contributed by atoms with Crippen LogP contribution in [0.15, 0.2) is 0 Å². The standard InChI is InChI=1S/C17H27N3/c1-2-7-15-14-10-11-18-12-16(14)20-17(19-15)13-8-5-3-4-6-9-13/h13,18H,2-12H2,1H3. The summed E-state index contributed by atoms with van der Waals surface area (Å²) in [5, 5.41) is 3.46. The molecule has 2 aliphatic rings. The van der Waals surface area contributed by atoms with Gasteiger partial charge in [-0.25, -0.2) is 9.97 Å². The lowest BCUT2D eigenvalue weighted by atomic mass is 9.96. The Balaban J connectivity index is 1.91. The Bertz CT molecular complexity index is 448. The van der Waals surface area contributed by atoms with E-state index < -0.39 is 0 Å². The number of fused-ring (bicyclic) bond motifs is 1. The first kappa shape index (κ1) is 14.0. The van der Waals surface area contributed by atoms with Crippen LogP contribution in [-0.2, 0) is 19.4 Å². The van der Waals surface area contributed by atoms with Gasteiger partial charge in [0.15, 0.2) is 0 Å². The Morgan fingerprint density at radius 3 is 2.65 bits per heavy atom. The average molecular weight is 273 g/mol. The third-order valence-corrected chi connectivity index (χ3v) is 4.75. The molecule has 1 aliphatic carbocycles. The molecular formula is C17H27N3. The largest absolute Gasteiger partial charge is 0.311 e. The average Bonchev–Trinajstić information content (AvgIpc) is 2.76. The first-order chi connectivity index (χ1) is 9.88. The summed E-state index contributed by atoms with van der Waals surface area (Å²) < 4.78 is 0. The summed E-state index contributed by atoms with van der Waals surface area (Å²) in [6.07, 6.45) is 11.5. The molecule has 1 aromatic heterocycles. The molecule has 2 heterocycles. The smallest absolute Gasteiger partial charge is 0.132 e. The predicted molar refractivity (Wildman–Crippen MR) is 81.9 cm³/mol. The maximum Gasteiger partial charge on any atom is 0.132 e. The van der Waals surface area contributed by atoms with Crippen molar-refractivity contribution in [3.8, 4) is 0 Å². The highest BCUT2D eigenvalue weighted by molar-refractivity contribution is 5.29. The van der Waals surface area contributed by atoms with Gasteiger partial charge in [-0.2, -0.15) is 0 Å². The van der Waals surface area contributed by atoms with E-state index in [0.29, 0.717) is 5.92 Å². The number of aromatic nitrogens is 2. The van der Waals surface area contributed by atoms with Gasteiger partial charge in [0.25, 0.3) is 0 Å². The molecule has 0 radical (unpaired) electrons. The van der Waals surface area contributed by atoms with Crippen LogP contribution in [0.2, 0.25) is 0 Å². The summed E-state index contributed by atoms with van der Waals surface area (Å²) in [6, 6.07) is 0. The van der Waals surface area contributed by atoms with Crippen molar-refractivity contribution in [2.75, 3.05) is 6.54 Å². The van der Waals surface area contributed by atoms with Crippen LogP contribution in [0.25, 0.3) is 0 Å². The molecule has 1 N–H and O–H groups in total. The zero-order valence-corrected chi connectivity index (χ0v) is 12.7. The molecule has 1 fully saturated rings. The number of aryl methyl sites for hydroxylation is 1. The molecule has 1 aromatic rings. The van der Waals surface area contributed by atoms with E-state index in [4.69, 9.17) is 9.97 Å². The fraction of sp³-hybridized carbons (Fsp3) is 0.765. The third-order valence-electron chi connectivity index (χ3n) is 4.75. The van der Waals surface area contributed by atoms with Gasteiger partial charge in [-0.05, 0) is 37.8 Å². The van der Waals surface area contributed by atoms with Gasteiger partial charge < -0.3 is 5.32 Å². The van der Waals surface area contributed by atoms with Gasteiger partial charge in [0.2, 0.25) is 0 Å². The molecular weight excluding hydrogens is 246 g/mol. The molecule has 3 rings (SSSR count). The van der Waals surface area contributed by atoms with E-state index in [1.807, 2.05) is 0 Å². The molecule has 0 spiro atoms. The van der Waals surface area contributed by atoms with Crippen molar-refractivity contribution < 1.29 is 0 Å². The second-order valence-electron chi connectivity index (χ2n) is 6.32. The minimum absolute atomic E-state index is 0.611. The lowest BCUT2D eigenvalue weighted by molar-refractivity contribution is 0.538. The van der Waals surface area contributed by atoms with Crippen molar-refractivity contribution in [2.45, 2.75) is 77.2 Å². The predicted octanol–water partition coefficient (Wildman–Crippen LogP) is 3.51. The molecule has 1 saturated carbocycles. The second-order valence-corrected chi connectivity index (χ2v) is 6.32. The minimum Gasteiger partial charge on any atom is -0.311 e. The first-order valence-corrected chi connectivity index (χ1v) is 8.47.